The molecule has 0 aliphatic heterocycles. The van der Waals surface area contributed by atoms with Gasteiger partial charge in [0, 0.05) is 13.7 Å². The second-order valence-corrected chi connectivity index (χ2v) is 5.21. The first kappa shape index (κ1) is 13.3. The van der Waals surface area contributed by atoms with Crippen LogP contribution in [0.15, 0.2) is 34.9 Å². The molecule has 0 radical (unpaired) electrons. The van der Waals surface area contributed by atoms with Gasteiger partial charge in [-0.05, 0) is 24.8 Å². The van der Waals surface area contributed by atoms with Crippen LogP contribution < -0.4 is 5.73 Å². The van der Waals surface area contributed by atoms with Gasteiger partial charge in [-0.1, -0.05) is 35.5 Å². The third-order valence-corrected chi connectivity index (χ3v) is 4.14. The maximum Gasteiger partial charge on any atom is 0.235 e. The highest BCUT2D eigenvalue weighted by molar-refractivity contribution is 5.25. The van der Waals surface area contributed by atoms with Crippen molar-refractivity contribution < 1.29 is 9.26 Å². The molecule has 1 atom stereocenters. The quantitative estimate of drug-likeness (QED) is 0.903. The maximum atomic E-state index is 5.88. The standard InChI is InChI=1S/C15H19N3O2/c1-19-15(8-5-9-15)14-17-13(20-18-14)12(10-16)11-6-3-2-4-7-11/h2-4,6-7,12H,5,8-10,16H2,1H3. The molecule has 3 rings (SSSR count). The fourth-order valence-corrected chi connectivity index (χ4v) is 2.64. The summed E-state index contributed by atoms with van der Waals surface area (Å²) < 4.78 is 11.0. The number of nitrogens with zero attached hydrogens (tertiary/aromatic N) is 2. The van der Waals surface area contributed by atoms with Crippen molar-refractivity contribution in [2.24, 2.45) is 5.73 Å². The van der Waals surface area contributed by atoms with Crippen LogP contribution in [0.5, 0.6) is 0 Å². The van der Waals surface area contributed by atoms with E-state index in [1.165, 1.54) is 0 Å². The van der Waals surface area contributed by atoms with Crippen molar-refractivity contribution in [1.29, 1.82) is 0 Å². The molecule has 0 spiro atoms. The number of hydrogen-bond acceptors (Lipinski definition) is 5. The monoisotopic (exact) mass is 273 g/mol. The lowest BCUT2D eigenvalue weighted by atomic mass is 9.79. The SMILES string of the molecule is COC1(c2noc(C(CN)c3ccccc3)n2)CCC1. The molecule has 1 unspecified atom stereocenters. The lowest BCUT2D eigenvalue weighted by molar-refractivity contribution is -0.0858. The molecule has 2 aromatic rings. The normalized spacial score (nSPS) is 18.5. The molecular formula is C15H19N3O2. The zero-order valence-electron chi connectivity index (χ0n) is 11.6. The second kappa shape index (κ2) is 5.34. The van der Waals surface area contributed by atoms with Gasteiger partial charge in [0.25, 0.3) is 0 Å². The maximum absolute atomic E-state index is 5.88. The predicted molar refractivity (Wildman–Crippen MR) is 74.2 cm³/mol. The number of rotatable bonds is 5. The molecule has 0 saturated heterocycles. The third kappa shape index (κ3) is 2.13. The van der Waals surface area contributed by atoms with Gasteiger partial charge in [0.05, 0.1) is 5.92 Å². The van der Waals surface area contributed by atoms with Crippen LogP contribution >= 0.6 is 0 Å². The Hall–Kier alpha value is -1.72. The summed E-state index contributed by atoms with van der Waals surface area (Å²) in [4.78, 5) is 4.54. The zero-order chi connectivity index (χ0) is 14.0. The minimum atomic E-state index is -0.350. The molecule has 1 aliphatic rings. The number of methoxy groups -OCH3 is 1. The first-order chi connectivity index (χ1) is 9.79. The minimum Gasteiger partial charge on any atom is -0.370 e. The second-order valence-electron chi connectivity index (χ2n) is 5.21. The highest BCUT2D eigenvalue weighted by atomic mass is 16.5. The molecular weight excluding hydrogens is 254 g/mol. The van der Waals surface area contributed by atoms with E-state index in [4.69, 9.17) is 15.0 Å². The van der Waals surface area contributed by atoms with E-state index in [1.807, 2.05) is 30.3 Å². The van der Waals surface area contributed by atoms with E-state index in [2.05, 4.69) is 10.1 Å². The van der Waals surface area contributed by atoms with Gasteiger partial charge in [-0.3, -0.25) is 0 Å². The Morgan fingerprint density at radius 1 is 1.35 bits per heavy atom. The van der Waals surface area contributed by atoms with Crippen LogP contribution in [0, 0.1) is 0 Å². The average molecular weight is 273 g/mol. The Morgan fingerprint density at radius 2 is 2.10 bits per heavy atom. The van der Waals surface area contributed by atoms with Crippen LogP contribution in [0.2, 0.25) is 0 Å². The molecule has 1 heterocycles. The van der Waals surface area contributed by atoms with Crippen LogP contribution in [-0.4, -0.2) is 23.8 Å². The fraction of sp³-hybridized carbons (Fsp3) is 0.467. The minimum absolute atomic E-state index is 0.0635. The summed E-state index contributed by atoms with van der Waals surface area (Å²) in [5.74, 6) is 1.15. The molecule has 2 N–H and O–H groups in total. The predicted octanol–water partition coefficient (Wildman–Crippen LogP) is 2.19. The van der Waals surface area contributed by atoms with Gasteiger partial charge in [0.2, 0.25) is 11.7 Å². The Kier molecular flexibility index (Phi) is 3.54. The lowest BCUT2D eigenvalue weighted by Gasteiger charge is -2.37. The van der Waals surface area contributed by atoms with Crippen molar-refractivity contribution in [3.63, 3.8) is 0 Å². The van der Waals surface area contributed by atoms with Crippen molar-refractivity contribution in [1.82, 2.24) is 10.1 Å². The van der Waals surface area contributed by atoms with E-state index >= 15 is 0 Å². The molecule has 20 heavy (non-hydrogen) atoms. The van der Waals surface area contributed by atoms with Crippen molar-refractivity contribution >= 4 is 0 Å². The summed E-state index contributed by atoms with van der Waals surface area (Å²) in [5, 5.41) is 4.11. The lowest BCUT2D eigenvalue weighted by Crippen LogP contribution is -2.37. The van der Waals surface area contributed by atoms with Crippen LogP contribution in [0.1, 0.15) is 42.5 Å². The van der Waals surface area contributed by atoms with E-state index in [1.54, 1.807) is 7.11 Å². The van der Waals surface area contributed by atoms with E-state index in [9.17, 15) is 0 Å². The van der Waals surface area contributed by atoms with Crippen molar-refractivity contribution in [2.45, 2.75) is 30.8 Å². The first-order valence-corrected chi connectivity index (χ1v) is 6.93. The topological polar surface area (TPSA) is 74.2 Å². The number of benzene rings is 1. The van der Waals surface area contributed by atoms with Crippen molar-refractivity contribution in [2.75, 3.05) is 13.7 Å². The summed E-state index contributed by atoms with van der Waals surface area (Å²) in [7, 11) is 1.70. The van der Waals surface area contributed by atoms with Gasteiger partial charge in [-0.25, -0.2) is 0 Å². The highest BCUT2D eigenvalue weighted by Gasteiger charge is 2.43. The number of ether oxygens (including phenoxy) is 1. The Balaban J connectivity index is 1.89. The Morgan fingerprint density at radius 3 is 2.65 bits per heavy atom. The van der Waals surface area contributed by atoms with E-state index in [-0.39, 0.29) is 11.5 Å². The molecule has 1 aromatic heterocycles. The van der Waals surface area contributed by atoms with Crippen LogP contribution in [0.25, 0.3) is 0 Å². The molecule has 0 bridgehead atoms. The number of nitrogens with two attached hydrogens (primary N) is 1. The smallest absolute Gasteiger partial charge is 0.235 e. The largest absolute Gasteiger partial charge is 0.370 e. The van der Waals surface area contributed by atoms with Crippen LogP contribution in [0.3, 0.4) is 0 Å². The van der Waals surface area contributed by atoms with Gasteiger partial charge in [0.1, 0.15) is 5.60 Å². The molecule has 106 valence electrons. The van der Waals surface area contributed by atoms with Gasteiger partial charge in [-0.15, -0.1) is 0 Å². The summed E-state index contributed by atoms with van der Waals surface area (Å²) in [6.45, 7) is 0.436. The first-order valence-electron chi connectivity index (χ1n) is 6.93. The summed E-state index contributed by atoms with van der Waals surface area (Å²) in [5.41, 5.74) is 6.61. The summed E-state index contributed by atoms with van der Waals surface area (Å²) in [6.07, 6.45) is 3.03. The van der Waals surface area contributed by atoms with E-state index in [0.29, 0.717) is 18.3 Å². The van der Waals surface area contributed by atoms with E-state index in [0.717, 1.165) is 24.8 Å². The molecule has 5 nitrogen and oxygen atoms in total. The van der Waals surface area contributed by atoms with Crippen molar-refractivity contribution in [3.05, 3.63) is 47.6 Å². The molecule has 1 aromatic carbocycles. The number of hydrogen-bond donors (Lipinski definition) is 1. The van der Waals surface area contributed by atoms with Crippen molar-refractivity contribution in [3.8, 4) is 0 Å². The molecule has 5 heteroatoms. The summed E-state index contributed by atoms with van der Waals surface area (Å²) in [6, 6.07) is 9.99. The molecule has 0 amide bonds. The van der Waals surface area contributed by atoms with Crippen LogP contribution in [-0.2, 0) is 10.3 Å². The highest BCUT2D eigenvalue weighted by Crippen LogP contribution is 2.43. The van der Waals surface area contributed by atoms with Crippen LogP contribution in [0.4, 0.5) is 0 Å². The van der Waals surface area contributed by atoms with Gasteiger partial charge >= 0.3 is 0 Å². The summed E-state index contributed by atoms with van der Waals surface area (Å²) >= 11 is 0. The fourth-order valence-electron chi connectivity index (χ4n) is 2.64. The van der Waals surface area contributed by atoms with Gasteiger partial charge in [-0.2, -0.15) is 4.98 Å². The van der Waals surface area contributed by atoms with Gasteiger partial charge < -0.3 is 15.0 Å². The molecule has 1 saturated carbocycles. The molecule has 1 fully saturated rings. The Labute approximate surface area is 118 Å². The van der Waals surface area contributed by atoms with E-state index < -0.39 is 0 Å². The molecule has 1 aliphatic carbocycles. The zero-order valence-corrected chi connectivity index (χ0v) is 11.6. The Bertz CT molecular complexity index is 558. The van der Waals surface area contributed by atoms with Gasteiger partial charge in [0.15, 0.2) is 0 Å². The average Bonchev–Trinajstić information content (AvgIpc) is 2.90. The number of aromatic nitrogens is 2. The third-order valence-electron chi connectivity index (χ3n) is 4.14.